The Morgan fingerprint density at radius 1 is 1.59 bits per heavy atom. The molecule has 5 heteroatoms. The molecular weight excluding hydrogens is 216 g/mol. The first-order chi connectivity index (χ1) is 8.33. The van der Waals surface area contributed by atoms with Gasteiger partial charge in [-0.25, -0.2) is 4.98 Å². The Morgan fingerprint density at radius 3 is 3.24 bits per heavy atom. The first kappa shape index (κ1) is 12.1. The molecule has 94 valence electrons. The molecule has 2 rings (SSSR count). The average Bonchev–Trinajstić information content (AvgIpc) is 2.79. The summed E-state index contributed by atoms with van der Waals surface area (Å²) in [5, 5.41) is 3.22. The lowest BCUT2D eigenvalue weighted by atomic mass is 10.1. The molecule has 2 heterocycles. The number of aromatic nitrogens is 2. The molecular formula is C12H20N4O. The highest BCUT2D eigenvalue weighted by Gasteiger charge is 2.23. The van der Waals surface area contributed by atoms with E-state index in [2.05, 4.69) is 20.2 Å². The molecule has 1 aromatic rings. The highest BCUT2D eigenvalue weighted by atomic mass is 16.5. The van der Waals surface area contributed by atoms with Crippen molar-refractivity contribution in [1.29, 1.82) is 0 Å². The van der Waals surface area contributed by atoms with Crippen LogP contribution in [0.3, 0.4) is 0 Å². The molecule has 1 unspecified atom stereocenters. The summed E-state index contributed by atoms with van der Waals surface area (Å²) in [6.45, 7) is 5.71. The maximum Gasteiger partial charge on any atom is 0.228 e. The van der Waals surface area contributed by atoms with E-state index in [1.54, 1.807) is 12.3 Å². The van der Waals surface area contributed by atoms with E-state index in [1.807, 2.05) is 14.0 Å². The summed E-state index contributed by atoms with van der Waals surface area (Å²) in [7, 11) is 1.99. The Labute approximate surface area is 102 Å². The standard InChI is InChI=1S/C12H20N4O/c1-3-17-11-4-6-14-12(15-11)16-7-5-10(9-16)8-13-2/h4,6,10,13H,3,5,7-9H2,1-2H3. The van der Waals surface area contributed by atoms with Gasteiger partial charge in [0.1, 0.15) is 0 Å². The van der Waals surface area contributed by atoms with Gasteiger partial charge in [0.15, 0.2) is 0 Å². The number of nitrogens with one attached hydrogen (secondary N) is 1. The SMILES string of the molecule is CCOc1ccnc(N2CCC(CNC)C2)n1. The highest BCUT2D eigenvalue weighted by molar-refractivity contribution is 5.33. The van der Waals surface area contributed by atoms with Gasteiger partial charge in [-0.2, -0.15) is 4.98 Å². The number of hydrogen-bond donors (Lipinski definition) is 1. The molecule has 0 aromatic carbocycles. The number of ether oxygens (including phenoxy) is 1. The third kappa shape index (κ3) is 3.06. The normalized spacial score (nSPS) is 19.6. The summed E-state index contributed by atoms with van der Waals surface area (Å²) in [6.07, 6.45) is 2.96. The molecule has 0 spiro atoms. The van der Waals surface area contributed by atoms with Crippen LogP contribution in [-0.4, -0.2) is 43.3 Å². The molecule has 0 amide bonds. The predicted molar refractivity (Wildman–Crippen MR) is 67.4 cm³/mol. The maximum absolute atomic E-state index is 5.39. The van der Waals surface area contributed by atoms with Gasteiger partial charge >= 0.3 is 0 Å². The Kier molecular flexibility index (Phi) is 4.14. The van der Waals surface area contributed by atoms with Crippen LogP contribution in [0.1, 0.15) is 13.3 Å². The average molecular weight is 236 g/mol. The summed E-state index contributed by atoms with van der Waals surface area (Å²) in [6, 6.07) is 1.80. The van der Waals surface area contributed by atoms with Crippen molar-refractivity contribution in [2.24, 2.45) is 5.92 Å². The third-order valence-corrected chi connectivity index (χ3v) is 2.97. The molecule has 1 aliphatic rings. The first-order valence-corrected chi connectivity index (χ1v) is 6.19. The van der Waals surface area contributed by atoms with E-state index in [-0.39, 0.29) is 0 Å². The van der Waals surface area contributed by atoms with E-state index in [9.17, 15) is 0 Å². The lowest BCUT2D eigenvalue weighted by Crippen LogP contribution is -2.25. The molecule has 5 nitrogen and oxygen atoms in total. The van der Waals surface area contributed by atoms with Crippen LogP contribution < -0.4 is 15.0 Å². The molecule has 1 aromatic heterocycles. The minimum absolute atomic E-state index is 0.638. The van der Waals surface area contributed by atoms with E-state index in [0.717, 1.165) is 25.6 Å². The monoisotopic (exact) mass is 236 g/mol. The number of nitrogens with zero attached hydrogens (tertiary/aromatic N) is 3. The Bertz CT molecular complexity index is 358. The molecule has 0 saturated carbocycles. The van der Waals surface area contributed by atoms with Crippen molar-refractivity contribution in [3.8, 4) is 5.88 Å². The van der Waals surface area contributed by atoms with Gasteiger partial charge in [0.2, 0.25) is 11.8 Å². The van der Waals surface area contributed by atoms with E-state index in [4.69, 9.17) is 4.74 Å². The molecule has 1 saturated heterocycles. The van der Waals surface area contributed by atoms with Gasteiger partial charge in [-0.15, -0.1) is 0 Å². The Hall–Kier alpha value is -1.36. The largest absolute Gasteiger partial charge is 0.478 e. The molecule has 1 aliphatic heterocycles. The van der Waals surface area contributed by atoms with Gasteiger partial charge < -0.3 is 15.0 Å². The smallest absolute Gasteiger partial charge is 0.228 e. The summed E-state index contributed by atoms with van der Waals surface area (Å²) in [4.78, 5) is 11.0. The second-order valence-electron chi connectivity index (χ2n) is 4.29. The van der Waals surface area contributed by atoms with Crippen LogP contribution in [0.2, 0.25) is 0 Å². The number of rotatable bonds is 5. The van der Waals surface area contributed by atoms with Crippen molar-refractivity contribution in [2.75, 3.05) is 38.2 Å². The van der Waals surface area contributed by atoms with Crippen LogP contribution in [0.25, 0.3) is 0 Å². The first-order valence-electron chi connectivity index (χ1n) is 6.19. The van der Waals surface area contributed by atoms with E-state index in [1.165, 1.54) is 6.42 Å². The van der Waals surface area contributed by atoms with Crippen molar-refractivity contribution in [3.05, 3.63) is 12.3 Å². The summed E-state index contributed by atoms with van der Waals surface area (Å²) < 4.78 is 5.39. The zero-order valence-electron chi connectivity index (χ0n) is 10.5. The fourth-order valence-corrected chi connectivity index (χ4v) is 2.18. The summed E-state index contributed by atoms with van der Waals surface area (Å²) in [5.74, 6) is 2.14. The summed E-state index contributed by atoms with van der Waals surface area (Å²) >= 11 is 0. The summed E-state index contributed by atoms with van der Waals surface area (Å²) in [5.41, 5.74) is 0. The number of hydrogen-bond acceptors (Lipinski definition) is 5. The molecule has 0 aliphatic carbocycles. The molecule has 1 fully saturated rings. The topological polar surface area (TPSA) is 50.3 Å². The highest BCUT2D eigenvalue weighted by Crippen LogP contribution is 2.21. The van der Waals surface area contributed by atoms with Gasteiger partial charge in [-0.1, -0.05) is 0 Å². The van der Waals surface area contributed by atoms with Crippen molar-refractivity contribution in [2.45, 2.75) is 13.3 Å². The lowest BCUT2D eigenvalue weighted by molar-refractivity contribution is 0.326. The van der Waals surface area contributed by atoms with Crippen molar-refractivity contribution in [3.63, 3.8) is 0 Å². The molecule has 1 N–H and O–H groups in total. The van der Waals surface area contributed by atoms with Crippen LogP contribution >= 0.6 is 0 Å². The van der Waals surface area contributed by atoms with Crippen LogP contribution in [0, 0.1) is 5.92 Å². The molecule has 1 atom stereocenters. The van der Waals surface area contributed by atoms with E-state index in [0.29, 0.717) is 18.4 Å². The minimum Gasteiger partial charge on any atom is -0.478 e. The predicted octanol–water partition coefficient (Wildman–Crippen LogP) is 0.921. The van der Waals surface area contributed by atoms with E-state index < -0.39 is 0 Å². The second-order valence-corrected chi connectivity index (χ2v) is 4.29. The van der Waals surface area contributed by atoms with E-state index >= 15 is 0 Å². The maximum atomic E-state index is 5.39. The van der Waals surface area contributed by atoms with Crippen molar-refractivity contribution < 1.29 is 4.74 Å². The molecule has 0 bridgehead atoms. The quantitative estimate of drug-likeness (QED) is 0.824. The lowest BCUT2D eigenvalue weighted by Gasteiger charge is -2.16. The van der Waals surface area contributed by atoms with Gasteiger partial charge in [-0.3, -0.25) is 0 Å². The van der Waals surface area contributed by atoms with Gasteiger partial charge in [0.05, 0.1) is 6.61 Å². The van der Waals surface area contributed by atoms with Crippen LogP contribution in [0.5, 0.6) is 5.88 Å². The third-order valence-electron chi connectivity index (χ3n) is 2.97. The van der Waals surface area contributed by atoms with Gasteiger partial charge in [-0.05, 0) is 32.9 Å². The van der Waals surface area contributed by atoms with Crippen molar-refractivity contribution >= 4 is 5.95 Å². The fourth-order valence-electron chi connectivity index (χ4n) is 2.18. The fraction of sp³-hybridized carbons (Fsp3) is 0.667. The van der Waals surface area contributed by atoms with Crippen molar-refractivity contribution in [1.82, 2.24) is 15.3 Å². The molecule has 17 heavy (non-hydrogen) atoms. The zero-order valence-corrected chi connectivity index (χ0v) is 10.5. The Morgan fingerprint density at radius 2 is 2.47 bits per heavy atom. The Balaban J connectivity index is 2.00. The second kappa shape index (κ2) is 5.82. The van der Waals surface area contributed by atoms with Gasteiger partial charge in [0.25, 0.3) is 0 Å². The van der Waals surface area contributed by atoms with Crippen LogP contribution in [0.4, 0.5) is 5.95 Å². The zero-order chi connectivity index (χ0) is 12.1. The van der Waals surface area contributed by atoms with Crippen LogP contribution in [-0.2, 0) is 0 Å². The minimum atomic E-state index is 0.638. The van der Waals surface area contributed by atoms with Gasteiger partial charge in [0, 0.05) is 25.4 Å². The number of anilines is 1. The molecule has 0 radical (unpaired) electrons. The van der Waals surface area contributed by atoms with Crippen LogP contribution in [0.15, 0.2) is 12.3 Å².